The Hall–Kier alpha value is -2.04. The molecule has 0 aliphatic rings. The van der Waals surface area contributed by atoms with Gasteiger partial charge >= 0.3 is 0 Å². The van der Waals surface area contributed by atoms with Gasteiger partial charge in [-0.2, -0.15) is 0 Å². The minimum Gasteiger partial charge on any atom is -0.385 e. The molecular weight excluding hydrogens is 272 g/mol. The number of nitrogens with one attached hydrogen (secondary N) is 2. The van der Waals surface area contributed by atoms with E-state index in [1.807, 2.05) is 24.3 Å². The Kier molecular flexibility index (Phi) is 8.72. The molecule has 0 aliphatic carbocycles. The zero-order valence-electron chi connectivity index (χ0n) is 13.6. The first-order valence-electron chi connectivity index (χ1n) is 7.79. The van der Waals surface area contributed by atoms with Crippen LogP contribution in [0, 0.1) is 0 Å². The molecule has 2 rings (SSSR count). The van der Waals surface area contributed by atoms with Crippen molar-refractivity contribution >= 4 is 11.4 Å². The highest BCUT2D eigenvalue weighted by Crippen LogP contribution is 2.14. The fraction of sp³-hybridized carbons (Fsp3) is 0.333. The summed E-state index contributed by atoms with van der Waals surface area (Å²) in [6.45, 7) is 7.33. The Labute approximate surface area is 133 Å². The van der Waals surface area contributed by atoms with Crippen LogP contribution in [-0.4, -0.2) is 13.1 Å². The van der Waals surface area contributed by atoms with Gasteiger partial charge in [-0.15, -0.1) is 0 Å². The molecule has 0 aromatic heterocycles. The zero-order chi connectivity index (χ0) is 16.2. The van der Waals surface area contributed by atoms with Gasteiger partial charge in [-0.3, -0.25) is 0 Å². The van der Waals surface area contributed by atoms with Crippen molar-refractivity contribution in [3.63, 3.8) is 0 Å². The number of anilines is 2. The van der Waals surface area contributed by atoms with Crippen molar-refractivity contribution in [1.29, 1.82) is 0 Å². The van der Waals surface area contributed by atoms with E-state index in [0.29, 0.717) is 13.1 Å². The van der Waals surface area contributed by atoms with Crippen LogP contribution in [0.4, 0.5) is 11.4 Å². The summed E-state index contributed by atoms with van der Waals surface area (Å²) in [5.74, 6) is 0. The fourth-order valence-corrected chi connectivity index (χ4v) is 1.96. The molecule has 22 heavy (non-hydrogen) atoms. The average Bonchev–Trinajstić information content (AvgIpc) is 2.56. The lowest BCUT2D eigenvalue weighted by atomic mass is 10.1. The molecule has 120 valence electrons. The molecule has 0 atom stereocenters. The third-order valence-corrected chi connectivity index (χ3v) is 3.12. The van der Waals surface area contributed by atoms with Crippen molar-refractivity contribution in [2.24, 2.45) is 11.5 Å². The Morgan fingerprint density at radius 1 is 0.727 bits per heavy atom. The van der Waals surface area contributed by atoms with Crippen LogP contribution in [-0.2, 0) is 13.1 Å². The molecular formula is C18H28N4. The van der Waals surface area contributed by atoms with Gasteiger partial charge in [0.05, 0.1) is 0 Å². The molecule has 0 radical (unpaired) electrons. The van der Waals surface area contributed by atoms with Gasteiger partial charge < -0.3 is 22.1 Å². The highest BCUT2D eigenvalue weighted by Gasteiger charge is 1.91. The van der Waals surface area contributed by atoms with Crippen LogP contribution in [0.25, 0.3) is 0 Å². The summed E-state index contributed by atoms with van der Waals surface area (Å²) in [5.41, 5.74) is 15.5. The van der Waals surface area contributed by atoms with E-state index in [9.17, 15) is 0 Å². The first-order chi connectivity index (χ1) is 10.7. The van der Waals surface area contributed by atoms with Gasteiger partial charge in [-0.25, -0.2) is 0 Å². The minimum atomic E-state index is 0.602. The van der Waals surface area contributed by atoms with E-state index < -0.39 is 0 Å². The lowest BCUT2D eigenvalue weighted by molar-refractivity contribution is 1.04. The second-order valence-corrected chi connectivity index (χ2v) is 4.87. The van der Waals surface area contributed by atoms with Crippen LogP contribution in [0.1, 0.15) is 25.0 Å². The molecule has 0 spiro atoms. The van der Waals surface area contributed by atoms with E-state index in [1.54, 1.807) is 0 Å². The van der Waals surface area contributed by atoms with Gasteiger partial charge in [-0.1, -0.05) is 30.3 Å². The van der Waals surface area contributed by atoms with Crippen molar-refractivity contribution in [2.75, 3.05) is 23.7 Å². The Morgan fingerprint density at radius 2 is 1.14 bits per heavy atom. The van der Waals surface area contributed by atoms with Crippen molar-refractivity contribution in [3.05, 3.63) is 59.7 Å². The minimum absolute atomic E-state index is 0.602. The second-order valence-electron chi connectivity index (χ2n) is 4.87. The molecule has 0 bridgehead atoms. The summed E-state index contributed by atoms with van der Waals surface area (Å²) in [7, 11) is 0. The number of rotatable bonds is 6. The van der Waals surface area contributed by atoms with Crippen LogP contribution in [0.2, 0.25) is 0 Å². The molecule has 0 fully saturated rings. The van der Waals surface area contributed by atoms with Crippen LogP contribution in [0.3, 0.4) is 0 Å². The zero-order valence-corrected chi connectivity index (χ0v) is 13.6. The number of hydrogen-bond acceptors (Lipinski definition) is 4. The van der Waals surface area contributed by atoms with Crippen LogP contribution in [0.15, 0.2) is 48.5 Å². The van der Waals surface area contributed by atoms with E-state index in [4.69, 9.17) is 11.5 Å². The van der Waals surface area contributed by atoms with E-state index in [-0.39, 0.29) is 0 Å². The van der Waals surface area contributed by atoms with E-state index in [2.05, 4.69) is 48.7 Å². The lowest BCUT2D eigenvalue weighted by Crippen LogP contribution is -1.99. The summed E-state index contributed by atoms with van der Waals surface area (Å²) in [5, 5.41) is 6.53. The van der Waals surface area contributed by atoms with Gasteiger partial charge in [0.15, 0.2) is 0 Å². The van der Waals surface area contributed by atoms with Gasteiger partial charge in [0.2, 0.25) is 0 Å². The molecule has 0 heterocycles. The fourth-order valence-electron chi connectivity index (χ4n) is 1.96. The van der Waals surface area contributed by atoms with E-state index in [1.165, 1.54) is 11.4 Å². The smallest absolute Gasteiger partial charge is 0.0360 e. The topological polar surface area (TPSA) is 76.1 Å². The largest absolute Gasteiger partial charge is 0.385 e. The maximum atomic E-state index is 5.41. The standard InChI is InChI=1S/C10H16N2.C8H12N2/c1-3-11-9-6-5-7-10(8-9)12-4-2;9-5-7-1-2-8(6-10)4-3-7/h5-8,11-12H,3-4H2,1-2H3;1-4H,5-6,9-10H2. The molecule has 4 heteroatoms. The maximum absolute atomic E-state index is 5.41. The van der Waals surface area contributed by atoms with Crippen molar-refractivity contribution in [3.8, 4) is 0 Å². The molecule has 0 saturated carbocycles. The summed E-state index contributed by atoms with van der Waals surface area (Å²) >= 11 is 0. The Morgan fingerprint density at radius 3 is 1.45 bits per heavy atom. The van der Waals surface area contributed by atoms with Crippen LogP contribution < -0.4 is 22.1 Å². The summed E-state index contributed by atoms with van der Waals surface area (Å²) in [6, 6.07) is 16.3. The van der Waals surface area contributed by atoms with Crippen molar-refractivity contribution < 1.29 is 0 Å². The molecule has 4 nitrogen and oxygen atoms in total. The average molecular weight is 300 g/mol. The predicted octanol–water partition coefficient (Wildman–Crippen LogP) is 3.15. The van der Waals surface area contributed by atoms with E-state index >= 15 is 0 Å². The maximum Gasteiger partial charge on any atom is 0.0360 e. The quantitative estimate of drug-likeness (QED) is 0.661. The van der Waals surface area contributed by atoms with Crippen LogP contribution in [0.5, 0.6) is 0 Å². The molecule has 0 aliphatic heterocycles. The summed E-state index contributed by atoms with van der Waals surface area (Å²) < 4.78 is 0. The second kappa shape index (κ2) is 10.7. The number of nitrogens with two attached hydrogens (primary N) is 2. The third-order valence-electron chi connectivity index (χ3n) is 3.12. The number of benzene rings is 2. The van der Waals surface area contributed by atoms with Crippen molar-refractivity contribution in [1.82, 2.24) is 0 Å². The Balaban J connectivity index is 0.000000224. The van der Waals surface area contributed by atoms with Gasteiger partial charge in [-0.05, 0) is 43.2 Å². The van der Waals surface area contributed by atoms with Gasteiger partial charge in [0.1, 0.15) is 0 Å². The molecule has 0 unspecified atom stereocenters. The summed E-state index contributed by atoms with van der Waals surface area (Å²) in [6.07, 6.45) is 0. The highest BCUT2D eigenvalue weighted by atomic mass is 14.9. The van der Waals surface area contributed by atoms with E-state index in [0.717, 1.165) is 24.2 Å². The SMILES string of the molecule is CCNc1cccc(NCC)c1.NCc1ccc(CN)cc1. The number of hydrogen-bond donors (Lipinski definition) is 4. The molecule has 6 N–H and O–H groups in total. The first-order valence-corrected chi connectivity index (χ1v) is 7.79. The summed E-state index contributed by atoms with van der Waals surface area (Å²) in [4.78, 5) is 0. The lowest BCUT2D eigenvalue weighted by Gasteiger charge is -2.06. The van der Waals surface area contributed by atoms with Crippen molar-refractivity contribution in [2.45, 2.75) is 26.9 Å². The molecule has 0 amide bonds. The van der Waals surface area contributed by atoms with Crippen LogP contribution >= 0.6 is 0 Å². The molecule has 2 aromatic rings. The van der Waals surface area contributed by atoms with Gasteiger partial charge in [0, 0.05) is 37.6 Å². The normalized spacial score (nSPS) is 9.64. The third kappa shape index (κ3) is 6.61. The molecule has 2 aromatic carbocycles. The monoisotopic (exact) mass is 300 g/mol. The first kappa shape index (κ1) is 18.0. The predicted molar refractivity (Wildman–Crippen MR) is 97.0 cm³/mol. The molecule has 0 saturated heterocycles. The van der Waals surface area contributed by atoms with Gasteiger partial charge in [0.25, 0.3) is 0 Å². The highest BCUT2D eigenvalue weighted by molar-refractivity contribution is 5.56. The Bertz CT molecular complexity index is 479.